The van der Waals surface area contributed by atoms with Gasteiger partial charge in [-0.3, -0.25) is 4.99 Å². The Labute approximate surface area is 180 Å². The summed E-state index contributed by atoms with van der Waals surface area (Å²) in [4.78, 5) is 4.59. The lowest BCUT2D eigenvalue weighted by molar-refractivity contribution is 0.0131. The number of aliphatic imine (C=N–C) groups is 1. The summed E-state index contributed by atoms with van der Waals surface area (Å²) >= 11 is 0. The topological polar surface area (TPSA) is 75.1 Å². The number of hydrogen-bond donors (Lipinski definition) is 3. The SMILES string of the molecule is CCNC(=NCC1(O)CCCCC1)NCC(C)Oc1ccccc1OC.I. The third kappa shape index (κ3) is 8.13. The second-order valence-electron chi connectivity index (χ2n) is 6.94. The molecule has 154 valence electrons. The van der Waals surface area contributed by atoms with Crippen LogP contribution in [0.3, 0.4) is 0 Å². The molecular weight excluding hydrogens is 457 g/mol. The fourth-order valence-corrected chi connectivity index (χ4v) is 3.15. The molecule has 0 heterocycles. The third-order valence-electron chi connectivity index (χ3n) is 4.61. The van der Waals surface area contributed by atoms with Crippen LogP contribution in [0.5, 0.6) is 11.5 Å². The van der Waals surface area contributed by atoms with Crippen molar-refractivity contribution in [2.75, 3.05) is 26.7 Å². The van der Waals surface area contributed by atoms with Gasteiger partial charge in [0.05, 0.1) is 25.8 Å². The van der Waals surface area contributed by atoms with E-state index in [1.165, 1.54) is 6.42 Å². The van der Waals surface area contributed by atoms with Gasteiger partial charge in [0.2, 0.25) is 0 Å². The van der Waals surface area contributed by atoms with Crippen molar-refractivity contribution in [2.45, 2.75) is 57.7 Å². The van der Waals surface area contributed by atoms with E-state index in [0.717, 1.165) is 43.7 Å². The van der Waals surface area contributed by atoms with Gasteiger partial charge >= 0.3 is 0 Å². The Morgan fingerprint density at radius 2 is 1.85 bits per heavy atom. The normalized spacial score (nSPS) is 17.4. The van der Waals surface area contributed by atoms with E-state index in [1.54, 1.807) is 7.11 Å². The zero-order valence-electron chi connectivity index (χ0n) is 16.7. The molecule has 1 saturated carbocycles. The molecule has 7 heteroatoms. The van der Waals surface area contributed by atoms with Crippen LogP contribution in [0.1, 0.15) is 46.0 Å². The van der Waals surface area contributed by atoms with Gasteiger partial charge in [-0.1, -0.05) is 31.4 Å². The number of methoxy groups -OCH3 is 1. The van der Waals surface area contributed by atoms with Crippen LogP contribution in [0.15, 0.2) is 29.3 Å². The van der Waals surface area contributed by atoms with Crippen molar-refractivity contribution in [2.24, 2.45) is 4.99 Å². The molecule has 1 unspecified atom stereocenters. The standard InChI is InChI=1S/C20H33N3O3.HI/c1-4-21-19(23-15-20(24)12-8-5-9-13-20)22-14-16(2)26-18-11-7-6-10-17(18)25-3;/h6-7,10-11,16,24H,4-5,8-9,12-15H2,1-3H3,(H2,21,22,23);1H. The molecule has 1 aromatic carbocycles. The van der Waals surface area contributed by atoms with E-state index in [2.05, 4.69) is 15.6 Å². The maximum absolute atomic E-state index is 10.6. The fraction of sp³-hybridized carbons (Fsp3) is 0.650. The molecule has 0 aromatic heterocycles. The Bertz CT molecular complexity index is 577. The average molecular weight is 491 g/mol. The van der Waals surface area contributed by atoms with Crippen LogP contribution in [0.4, 0.5) is 0 Å². The summed E-state index contributed by atoms with van der Waals surface area (Å²) in [6.45, 7) is 5.83. The molecule has 1 aliphatic rings. The highest BCUT2D eigenvalue weighted by Gasteiger charge is 2.28. The highest BCUT2D eigenvalue weighted by molar-refractivity contribution is 14.0. The fourth-order valence-electron chi connectivity index (χ4n) is 3.15. The number of hydrogen-bond acceptors (Lipinski definition) is 4. The highest BCUT2D eigenvalue weighted by atomic mass is 127. The number of ether oxygens (including phenoxy) is 2. The van der Waals surface area contributed by atoms with E-state index in [9.17, 15) is 5.11 Å². The number of aliphatic hydroxyl groups is 1. The molecule has 27 heavy (non-hydrogen) atoms. The van der Waals surface area contributed by atoms with E-state index in [0.29, 0.717) is 19.0 Å². The predicted molar refractivity (Wildman–Crippen MR) is 121 cm³/mol. The van der Waals surface area contributed by atoms with Gasteiger partial charge in [0.1, 0.15) is 6.10 Å². The van der Waals surface area contributed by atoms with Gasteiger partial charge in [-0.25, -0.2) is 0 Å². The van der Waals surface area contributed by atoms with Crippen LogP contribution in [0.25, 0.3) is 0 Å². The molecule has 6 nitrogen and oxygen atoms in total. The molecule has 1 aromatic rings. The Morgan fingerprint density at radius 1 is 1.19 bits per heavy atom. The maximum atomic E-state index is 10.6. The van der Waals surface area contributed by atoms with E-state index < -0.39 is 5.60 Å². The summed E-state index contributed by atoms with van der Waals surface area (Å²) in [5.74, 6) is 2.16. The van der Waals surface area contributed by atoms with Gasteiger partial charge < -0.3 is 25.2 Å². The largest absolute Gasteiger partial charge is 0.493 e. The lowest BCUT2D eigenvalue weighted by Crippen LogP contribution is -2.43. The Balaban J connectivity index is 0.00000364. The first-order chi connectivity index (χ1) is 12.6. The molecule has 1 aliphatic carbocycles. The van der Waals surface area contributed by atoms with Gasteiger partial charge in [-0.05, 0) is 38.8 Å². The number of halogens is 1. The Kier molecular flexibility index (Phi) is 10.8. The van der Waals surface area contributed by atoms with E-state index >= 15 is 0 Å². The van der Waals surface area contributed by atoms with Crippen molar-refractivity contribution in [3.63, 3.8) is 0 Å². The third-order valence-corrected chi connectivity index (χ3v) is 4.61. The van der Waals surface area contributed by atoms with Gasteiger partial charge in [0.25, 0.3) is 0 Å². The van der Waals surface area contributed by atoms with Crippen LogP contribution in [0.2, 0.25) is 0 Å². The van der Waals surface area contributed by atoms with Crippen molar-refractivity contribution < 1.29 is 14.6 Å². The lowest BCUT2D eigenvalue weighted by atomic mass is 9.85. The zero-order valence-corrected chi connectivity index (χ0v) is 19.0. The number of nitrogens with one attached hydrogen (secondary N) is 2. The molecule has 0 bridgehead atoms. The second-order valence-corrected chi connectivity index (χ2v) is 6.94. The van der Waals surface area contributed by atoms with E-state index in [4.69, 9.17) is 9.47 Å². The summed E-state index contributed by atoms with van der Waals surface area (Å²) in [6.07, 6.45) is 4.99. The van der Waals surface area contributed by atoms with Crippen molar-refractivity contribution >= 4 is 29.9 Å². The summed E-state index contributed by atoms with van der Waals surface area (Å²) in [5, 5.41) is 17.1. The summed E-state index contributed by atoms with van der Waals surface area (Å²) in [5.41, 5.74) is -0.653. The molecule has 0 aliphatic heterocycles. The quantitative estimate of drug-likeness (QED) is 0.296. The number of nitrogens with zero attached hydrogens (tertiary/aromatic N) is 1. The van der Waals surface area contributed by atoms with Gasteiger partial charge in [0, 0.05) is 6.54 Å². The summed E-state index contributed by atoms with van der Waals surface area (Å²) < 4.78 is 11.3. The molecular formula is C20H34IN3O3. The van der Waals surface area contributed by atoms with E-state index in [-0.39, 0.29) is 30.1 Å². The lowest BCUT2D eigenvalue weighted by Gasteiger charge is -2.30. The van der Waals surface area contributed by atoms with E-state index in [1.807, 2.05) is 38.1 Å². The molecule has 1 atom stereocenters. The monoisotopic (exact) mass is 491 g/mol. The van der Waals surface area contributed by atoms with Crippen LogP contribution in [-0.4, -0.2) is 49.5 Å². The molecule has 3 N–H and O–H groups in total. The number of guanidine groups is 1. The first-order valence-electron chi connectivity index (χ1n) is 9.60. The summed E-state index contributed by atoms with van der Waals surface area (Å²) in [6, 6.07) is 7.62. The molecule has 0 spiro atoms. The highest BCUT2D eigenvalue weighted by Crippen LogP contribution is 2.28. The smallest absolute Gasteiger partial charge is 0.191 e. The number of para-hydroxylation sites is 2. The molecule has 0 amide bonds. The number of rotatable bonds is 8. The van der Waals surface area contributed by atoms with Crippen LogP contribution >= 0.6 is 24.0 Å². The first kappa shape index (κ1) is 23.8. The Morgan fingerprint density at radius 3 is 2.48 bits per heavy atom. The number of benzene rings is 1. The second kappa shape index (κ2) is 12.3. The van der Waals surface area contributed by atoms with Crippen molar-refractivity contribution in [1.29, 1.82) is 0 Å². The minimum Gasteiger partial charge on any atom is -0.493 e. The minimum absolute atomic E-state index is 0. The summed E-state index contributed by atoms with van der Waals surface area (Å²) in [7, 11) is 1.64. The van der Waals surface area contributed by atoms with Crippen molar-refractivity contribution in [3.05, 3.63) is 24.3 Å². The molecule has 1 fully saturated rings. The molecule has 0 radical (unpaired) electrons. The van der Waals surface area contributed by atoms with Crippen molar-refractivity contribution in [3.8, 4) is 11.5 Å². The molecule has 2 rings (SSSR count). The molecule has 0 saturated heterocycles. The maximum Gasteiger partial charge on any atom is 0.191 e. The van der Waals surface area contributed by atoms with Crippen LogP contribution in [0, 0.1) is 0 Å². The van der Waals surface area contributed by atoms with Gasteiger partial charge in [-0.15, -0.1) is 24.0 Å². The van der Waals surface area contributed by atoms with Crippen LogP contribution in [-0.2, 0) is 0 Å². The Hall–Kier alpha value is -1.22. The minimum atomic E-state index is -0.653. The van der Waals surface area contributed by atoms with Crippen LogP contribution < -0.4 is 20.1 Å². The zero-order chi connectivity index (χ0) is 18.8. The first-order valence-corrected chi connectivity index (χ1v) is 9.60. The average Bonchev–Trinajstić information content (AvgIpc) is 2.65. The van der Waals surface area contributed by atoms with Gasteiger partial charge in [-0.2, -0.15) is 0 Å². The van der Waals surface area contributed by atoms with Crippen molar-refractivity contribution in [1.82, 2.24) is 10.6 Å². The predicted octanol–water partition coefficient (Wildman–Crippen LogP) is 3.33. The van der Waals surface area contributed by atoms with Gasteiger partial charge in [0.15, 0.2) is 17.5 Å².